The van der Waals surface area contributed by atoms with E-state index < -0.39 is 150 Å². The van der Waals surface area contributed by atoms with Gasteiger partial charge in [-0.15, -0.1) is 0 Å². The van der Waals surface area contributed by atoms with Gasteiger partial charge in [0.1, 0.15) is 0 Å². The van der Waals surface area contributed by atoms with Crippen molar-refractivity contribution in [2.45, 2.75) is 0 Å². The van der Waals surface area contributed by atoms with Crippen molar-refractivity contribution in [1.29, 1.82) is 0 Å². The van der Waals surface area contributed by atoms with Crippen molar-refractivity contribution in [2.24, 2.45) is 0 Å². The van der Waals surface area contributed by atoms with Crippen LogP contribution in [0.4, 0.5) is 87.8 Å². The molecule has 0 N–H and O–H groups in total. The van der Waals surface area contributed by atoms with Gasteiger partial charge < -0.3 is 0 Å². The quantitative estimate of drug-likeness (QED) is 0.105. The second kappa shape index (κ2) is 11.3. The predicted octanol–water partition coefficient (Wildman–Crippen LogP) is 5.85. The van der Waals surface area contributed by atoms with E-state index >= 15 is 35.1 Å². The van der Waals surface area contributed by atoms with Crippen LogP contribution in [0.1, 0.15) is 0 Å². The first-order valence-electron chi connectivity index (χ1n) is 10.8. The molecule has 240 valence electrons. The second-order valence-electron chi connectivity index (χ2n) is 8.53. The Morgan fingerprint density at radius 3 is 0.356 bits per heavy atom. The molecule has 0 aliphatic rings. The van der Waals surface area contributed by atoms with Crippen molar-refractivity contribution in [3.63, 3.8) is 0 Å². The van der Waals surface area contributed by atoms with Crippen LogP contribution in [0.3, 0.4) is 0 Å². The van der Waals surface area contributed by atoms with Gasteiger partial charge in [-0.3, -0.25) is 0 Å². The molecule has 0 aliphatic carbocycles. The van der Waals surface area contributed by atoms with Crippen LogP contribution in [-0.2, 0) is 0 Å². The zero-order chi connectivity index (χ0) is 34.4. The average Bonchev–Trinajstić information content (AvgIpc) is 3.00. The van der Waals surface area contributed by atoms with Crippen LogP contribution in [0, 0.1) is 116 Å². The van der Waals surface area contributed by atoms with Gasteiger partial charge in [0.2, 0.25) is 0 Å². The van der Waals surface area contributed by atoms with Crippen molar-refractivity contribution in [3.8, 4) is 0 Å². The zero-order valence-corrected chi connectivity index (χ0v) is 23.9. The van der Waals surface area contributed by atoms with Gasteiger partial charge in [-0.2, -0.15) is 0 Å². The molecule has 4 aromatic rings. The van der Waals surface area contributed by atoms with E-state index in [-0.39, 0.29) is 0 Å². The minimum absolute atomic E-state index is 3.32. The molecule has 0 atom stereocenters. The summed E-state index contributed by atoms with van der Waals surface area (Å²) in [5.74, 6) is -70.4. The van der Waals surface area contributed by atoms with Crippen LogP contribution in [0.2, 0.25) is 0 Å². The summed E-state index contributed by atoms with van der Waals surface area (Å²) in [5.41, 5.74) is 0. The van der Waals surface area contributed by atoms with Crippen molar-refractivity contribution in [1.82, 2.24) is 0 Å². The fourth-order valence-electron chi connectivity index (χ4n) is 4.49. The van der Waals surface area contributed by atoms with Crippen LogP contribution in [-0.4, -0.2) is 21.2 Å². The van der Waals surface area contributed by atoms with Crippen molar-refractivity contribution in [2.75, 3.05) is 0 Å². The molecule has 0 unspecified atom stereocenters. The van der Waals surface area contributed by atoms with E-state index in [1.54, 1.807) is 0 Å². The molecule has 0 heterocycles. The maximum absolute atomic E-state index is 15.4. The van der Waals surface area contributed by atoms with Gasteiger partial charge in [0.25, 0.3) is 0 Å². The van der Waals surface area contributed by atoms with Crippen LogP contribution < -0.4 is 12.5 Å². The Morgan fingerprint density at radius 1 is 0.156 bits per heavy atom. The van der Waals surface area contributed by atoms with Crippen molar-refractivity contribution in [3.05, 3.63) is 116 Å². The number of hydrogen-bond donors (Lipinski definition) is 0. The summed E-state index contributed by atoms with van der Waals surface area (Å²) in [5, 5.41) is 0. The molecule has 0 aliphatic heterocycles. The Morgan fingerprint density at radius 2 is 0.244 bits per heavy atom. The molecule has 21 heteroatoms. The van der Waals surface area contributed by atoms with E-state index in [1.165, 1.54) is 0 Å². The maximum atomic E-state index is 15.4. The molecule has 0 nitrogen and oxygen atoms in total. The molecule has 4 rings (SSSR count). The molecule has 0 saturated heterocycles. The number of hydrogen-bond acceptors (Lipinski definition) is 0. The van der Waals surface area contributed by atoms with Gasteiger partial charge in [-0.05, 0) is 0 Å². The molecule has 45 heavy (non-hydrogen) atoms. The Bertz CT molecular complexity index is 1570. The van der Waals surface area contributed by atoms with Crippen molar-refractivity contribution < 1.29 is 87.8 Å². The van der Waals surface area contributed by atoms with Crippen LogP contribution in [0.15, 0.2) is 0 Å². The van der Waals surface area contributed by atoms with Crippen molar-refractivity contribution >= 4 is 33.7 Å². The van der Waals surface area contributed by atoms with Crippen LogP contribution in [0.5, 0.6) is 0 Å². The van der Waals surface area contributed by atoms with E-state index in [0.717, 1.165) is 0 Å². The Kier molecular flexibility index (Phi) is 8.63. The average molecular weight is 875 g/mol. The summed E-state index contributed by atoms with van der Waals surface area (Å²) in [6.45, 7) is 0. The topological polar surface area (TPSA) is 0 Å². The molecular formula is C24F20Pb. The number of halogens is 20. The molecular weight excluding hydrogens is 875 g/mol. The van der Waals surface area contributed by atoms with Gasteiger partial charge in [0.15, 0.2) is 0 Å². The Labute approximate surface area is 237 Å². The van der Waals surface area contributed by atoms with E-state index in [4.69, 9.17) is 0 Å². The molecule has 0 spiro atoms. The Balaban J connectivity index is 2.69. The van der Waals surface area contributed by atoms with E-state index in [1.807, 2.05) is 0 Å². The van der Waals surface area contributed by atoms with Gasteiger partial charge in [-0.1, -0.05) is 0 Å². The molecule has 0 bridgehead atoms. The number of benzene rings is 4. The summed E-state index contributed by atoms with van der Waals surface area (Å²) in [6.07, 6.45) is 0. The molecule has 0 aromatic heterocycles. The number of rotatable bonds is 4. The first-order valence-corrected chi connectivity index (χ1v) is 18.6. The summed E-state index contributed by atoms with van der Waals surface area (Å²) in [6, 6.07) is 0. The van der Waals surface area contributed by atoms with Crippen LogP contribution in [0.25, 0.3) is 0 Å². The van der Waals surface area contributed by atoms with E-state index in [0.29, 0.717) is 0 Å². The fourth-order valence-corrected chi connectivity index (χ4v) is 24.0. The molecule has 0 amide bonds. The van der Waals surface area contributed by atoms with E-state index in [2.05, 4.69) is 0 Å². The SMILES string of the molecule is Fc1c(F)c(F)[c]([Pb]([c]2c(F)c(F)c(F)c(F)c2F)([c]2c(F)c(F)c(F)c(F)c2F)[c]2c(F)c(F)c(F)c(F)c2F)c(F)c1F. The van der Waals surface area contributed by atoms with Crippen LogP contribution >= 0.6 is 0 Å². The second-order valence-corrected chi connectivity index (χ2v) is 22.1. The normalized spacial score (nSPS) is 12.0. The zero-order valence-electron chi connectivity index (χ0n) is 20.1. The van der Waals surface area contributed by atoms with Gasteiger partial charge >= 0.3 is 238 Å². The predicted molar refractivity (Wildman–Crippen MR) is 109 cm³/mol. The fraction of sp³-hybridized carbons (Fsp3) is 0. The standard InChI is InChI=1S/4C6F5.Pb/c4*7-2-1-3(8)5(10)6(11)4(2)9;. The third kappa shape index (κ3) is 4.40. The summed E-state index contributed by atoms with van der Waals surface area (Å²) < 4.78 is 281. The summed E-state index contributed by atoms with van der Waals surface area (Å²) >= 11 is -10.1. The first kappa shape index (κ1) is 34.3. The molecule has 0 saturated carbocycles. The molecule has 0 radical (unpaired) electrons. The Hall–Kier alpha value is -3.60. The monoisotopic (exact) mass is 876 g/mol. The third-order valence-electron chi connectivity index (χ3n) is 6.34. The minimum atomic E-state index is -10.1. The van der Waals surface area contributed by atoms with E-state index in [9.17, 15) is 52.7 Å². The third-order valence-corrected chi connectivity index (χ3v) is 24.8. The molecule has 4 aromatic carbocycles. The van der Waals surface area contributed by atoms with Gasteiger partial charge in [-0.25, -0.2) is 0 Å². The van der Waals surface area contributed by atoms with Gasteiger partial charge in [0, 0.05) is 0 Å². The first-order chi connectivity index (χ1) is 20.7. The van der Waals surface area contributed by atoms with Gasteiger partial charge in [0.05, 0.1) is 0 Å². The summed E-state index contributed by atoms with van der Waals surface area (Å²) in [4.78, 5) is 0. The summed E-state index contributed by atoms with van der Waals surface area (Å²) in [7, 11) is 0. The molecule has 0 fully saturated rings.